The van der Waals surface area contributed by atoms with Gasteiger partial charge in [-0.2, -0.15) is 8.42 Å². The molecule has 0 spiro atoms. The number of nitrogens with one attached hydrogen (secondary N) is 1. The van der Waals surface area contributed by atoms with E-state index in [2.05, 4.69) is 5.32 Å². The Kier molecular flexibility index (Phi) is 7.46. The average molecular weight is 319 g/mol. The molecule has 1 saturated heterocycles. The molecule has 0 aromatic heterocycles. The molecule has 1 fully saturated rings. The van der Waals surface area contributed by atoms with Crippen LogP contribution in [-0.4, -0.2) is 81.1 Å². The molecule has 0 unspecified atom stereocenters. The van der Waals surface area contributed by atoms with Gasteiger partial charge in [0.1, 0.15) is 24.4 Å². The summed E-state index contributed by atoms with van der Waals surface area (Å²) < 4.78 is 36.4. The lowest BCUT2D eigenvalue weighted by atomic mass is 9.97. The molecule has 0 radical (unpaired) electrons. The minimum absolute atomic E-state index is 0.462. The van der Waals surface area contributed by atoms with Crippen molar-refractivity contribution in [1.82, 2.24) is 5.32 Å². The van der Waals surface area contributed by atoms with Crippen LogP contribution < -0.4 is 5.32 Å². The maximum absolute atomic E-state index is 10.7. The molecule has 7 N–H and O–H groups in total. The molecule has 0 saturated carbocycles. The van der Waals surface area contributed by atoms with Crippen LogP contribution in [0.3, 0.4) is 0 Å². The SMILES string of the molecule is CC(=O)N[C@@H]1[C@@H](O)[C@H](O)[C@@H](CO)O[C@@H]1O.O=S(=O)(O)O. The highest BCUT2D eigenvalue weighted by Gasteiger charge is 2.43. The topological polar surface area (TPSA) is 194 Å². The maximum atomic E-state index is 10.7. The Bertz CT molecular complexity index is 403. The largest absolute Gasteiger partial charge is 0.394 e. The van der Waals surface area contributed by atoms with Crippen molar-refractivity contribution in [2.24, 2.45) is 0 Å². The predicted octanol–water partition coefficient (Wildman–Crippen LogP) is -3.73. The van der Waals surface area contributed by atoms with E-state index in [0.29, 0.717) is 0 Å². The summed E-state index contributed by atoms with van der Waals surface area (Å²) in [6.07, 6.45) is -5.24. The first-order chi connectivity index (χ1) is 8.97. The Labute approximate surface area is 114 Å². The number of hydrogen-bond donors (Lipinski definition) is 7. The van der Waals surface area contributed by atoms with E-state index in [4.69, 9.17) is 27.4 Å². The fraction of sp³-hybridized carbons (Fsp3) is 0.875. The van der Waals surface area contributed by atoms with Crippen LogP contribution in [0.5, 0.6) is 0 Å². The molecule has 0 bridgehead atoms. The molecule has 0 aromatic carbocycles. The van der Waals surface area contributed by atoms with Gasteiger partial charge in [0.15, 0.2) is 6.29 Å². The van der Waals surface area contributed by atoms with Gasteiger partial charge in [0.25, 0.3) is 0 Å². The molecule has 120 valence electrons. The third-order valence-electron chi connectivity index (χ3n) is 2.27. The number of aliphatic hydroxyl groups is 4. The van der Waals surface area contributed by atoms with Gasteiger partial charge in [0.2, 0.25) is 5.91 Å². The van der Waals surface area contributed by atoms with Gasteiger partial charge in [-0.3, -0.25) is 13.9 Å². The Balaban J connectivity index is 0.000000621. The van der Waals surface area contributed by atoms with Crippen LogP contribution in [0.25, 0.3) is 0 Å². The number of ether oxygens (including phenoxy) is 1. The van der Waals surface area contributed by atoms with Gasteiger partial charge in [-0.25, -0.2) is 0 Å². The Morgan fingerprint density at radius 1 is 1.20 bits per heavy atom. The molecule has 0 aromatic rings. The van der Waals surface area contributed by atoms with Crippen LogP contribution >= 0.6 is 0 Å². The molecule has 11 nitrogen and oxygen atoms in total. The van der Waals surface area contributed by atoms with Crippen LogP contribution in [0.4, 0.5) is 0 Å². The van der Waals surface area contributed by atoms with Gasteiger partial charge in [0.05, 0.1) is 6.61 Å². The first-order valence-corrected chi connectivity index (χ1v) is 6.64. The lowest BCUT2D eigenvalue weighted by molar-refractivity contribution is -0.253. The van der Waals surface area contributed by atoms with E-state index < -0.39 is 53.6 Å². The summed E-state index contributed by atoms with van der Waals surface area (Å²) in [5.41, 5.74) is 0. The fourth-order valence-corrected chi connectivity index (χ4v) is 1.49. The number of carbonyl (C=O) groups is 1. The summed E-state index contributed by atoms with van der Waals surface area (Å²) in [4.78, 5) is 10.7. The van der Waals surface area contributed by atoms with E-state index in [-0.39, 0.29) is 0 Å². The number of rotatable bonds is 2. The summed E-state index contributed by atoms with van der Waals surface area (Å²) in [6.45, 7) is 0.687. The zero-order chi connectivity index (χ0) is 16.1. The highest BCUT2D eigenvalue weighted by molar-refractivity contribution is 7.79. The molecule has 0 aliphatic carbocycles. The molecule has 20 heavy (non-hydrogen) atoms. The summed E-state index contributed by atoms with van der Waals surface area (Å²) in [7, 11) is -4.67. The molecule has 1 rings (SSSR count). The van der Waals surface area contributed by atoms with Crippen molar-refractivity contribution in [3.8, 4) is 0 Å². The Hall–Kier alpha value is -0.860. The number of aliphatic hydroxyl groups excluding tert-OH is 4. The highest BCUT2D eigenvalue weighted by atomic mass is 32.3. The monoisotopic (exact) mass is 319 g/mol. The van der Waals surface area contributed by atoms with Crippen LogP contribution in [-0.2, 0) is 19.9 Å². The fourth-order valence-electron chi connectivity index (χ4n) is 1.49. The van der Waals surface area contributed by atoms with Gasteiger partial charge in [-0.1, -0.05) is 0 Å². The summed E-state index contributed by atoms with van der Waals surface area (Å²) in [5, 5.41) is 39.4. The van der Waals surface area contributed by atoms with Crippen LogP contribution in [0.2, 0.25) is 0 Å². The lowest BCUT2D eigenvalue weighted by Crippen LogP contribution is -2.63. The van der Waals surface area contributed by atoms with E-state index in [9.17, 15) is 20.1 Å². The van der Waals surface area contributed by atoms with Crippen LogP contribution in [0.15, 0.2) is 0 Å². The van der Waals surface area contributed by atoms with Crippen molar-refractivity contribution >= 4 is 16.3 Å². The molecular weight excluding hydrogens is 302 g/mol. The van der Waals surface area contributed by atoms with E-state index in [1.54, 1.807) is 0 Å². The van der Waals surface area contributed by atoms with Gasteiger partial charge < -0.3 is 30.5 Å². The predicted molar refractivity (Wildman–Crippen MR) is 61.8 cm³/mol. The lowest BCUT2D eigenvalue weighted by Gasteiger charge is -2.40. The highest BCUT2D eigenvalue weighted by Crippen LogP contribution is 2.19. The van der Waals surface area contributed by atoms with Gasteiger partial charge in [-0.05, 0) is 0 Å². The molecule has 5 atom stereocenters. The van der Waals surface area contributed by atoms with Crippen molar-refractivity contribution in [2.75, 3.05) is 6.61 Å². The van der Waals surface area contributed by atoms with Gasteiger partial charge in [0, 0.05) is 6.92 Å². The van der Waals surface area contributed by atoms with Gasteiger partial charge in [-0.15, -0.1) is 0 Å². The van der Waals surface area contributed by atoms with Crippen molar-refractivity contribution in [1.29, 1.82) is 0 Å². The van der Waals surface area contributed by atoms with E-state index in [0.717, 1.165) is 0 Å². The summed E-state index contributed by atoms with van der Waals surface area (Å²) in [6, 6.07) is -1.10. The molecular formula is C8H17NO10S. The van der Waals surface area contributed by atoms with E-state index in [1.165, 1.54) is 6.92 Å². The number of carbonyl (C=O) groups excluding carboxylic acids is 1. The second-order valence-corrected chi connectivity index (χ2v) is 4.80. The first-order valence-electron chi connectivity index (χ1n) is 5.25. The van der Waals surface area contributed by atoms with Crippen molar-refractivity contribution in [3.63, 3.8) is 0 Å². The second kappa shape index (κ2) is 7.80. The zero-order valence-corrected chi connectivity index (χ0v) is 11.1. The van der Waals surface area contributed by atoms with E-state index in [1.807, 2.05) is 0 Å². The van der Waals surface area contributed by atoms with Crippen LogP contribution in [0.1, 0.15) is 6.92 Å². The molecule has 1 aliphatic rings. The molecule has 1 amide bonds. The van der Waals surface area contributed by atoms with E-state index >= 15 is 0 Å². The summed E-state index contributed by atoms with van der Waals surface area (Å²) >= 11 is 0. The Morgan fingerprint density at radius 2 is 1.65 bits per heavy atom. The van der Waals surface area contributed by atoms with Crippen LogP contribution in [0, 0.1) is 0 Å². The van der Waals surface area contributed by atoms with Gasteiger partial charge >= 0.3 is 10.4 Å². The molecule has 1 heterocycles. The molecule has 12 heteroatoms. The number of amides is 1. The third-order valence-corrected chi connectivity index (χ3v) is 2.27. The normalized spacial score (nSPS) is 33.9. The maximum Gasteiger partial charge on any atom is 0.394 e. The summed E-state index contributed by atoms with van der Waals surface area (Å²) in [5.74, 6) is -0.462. The minimum Gasteiger partial charge on any atom is -0.394 e. The van der Waals surface area contributed by atoms with Crippen molar-refractivity contribution in [2.45, 2.75) is 37.6 Å². The third kappa shape index (κ3) is 7.06. The minimum atomic E-state index is -4.67. The standard InChI is InChI=1S/C8H15NO6.H2O4S/c1-3(11)9-5-7(13)6(12)4(2-10)15-8(5)14;1-5(2,3)4/h4-8,10,12-14H,2H2,1H3,(H,9,11);(H2,1,2,3,4)/t4-,5-,6-,7-,8+;/m1./s1. The molecule has 1 aliphatic heterocycles. The number of hydrogen-bond acceptors (Lipinski definition) is 8. The smallest absolute Gasteiger partial charge is 0.394 e. The zero-order valence-electron chi connectivity index (χ0n) is 10.3. The van der Waals surface area contributed by atoms with Crippen molar-refractivity contribution < 1.29 is 47.5 Å². The Morgan fingerprint density at radius 3 is 2.00 bits per heavy atom. The average Bonchev–Trinajstić information content (AvgIpc) is 2.27. The first kappa shape index (κ1) is 19.1. The second-order valence-electron chi connectivity index (χ2n) is 3.90. The quantitative estimate of drug-likeness (QED) is 0.249. The van der Waals surface area contributed by atoms with Crippen molar-refractivity contribution in [3.05, 3.63) is 0 Å².